The van der Waals surface area contributed by atoms with Gasteiger partial charge in [-0.1, -0.05) is 24.3 Å². The number of hydrogen-bond acceptors (Lipinski definition) is 4. The highest BCUT2D eigenvalue weighted by Gasteiger charge is 2.08. The molecule has 0 radical (unpaired) electrons. The first-order valence-corrected chi connectivity index (χ1v) is 8.86. The maximum absolute atomic E-state index is 5.55. The summed E-state index contributed by atoms with van der Waals surface area (Å²) in [6, 6.07) is 15.9. The third-order valence-electron chi connectivity index (χ3n) is 4.13. The van der Waals surface area contributed by atoms with E-state index in [-0.39, 0.29) is 0 Å². The van der Waals surface area contributed by atoms with Gasteiger partial charge in [0.15, 0.2) is 17.5 Å². The molecule has 0 saturated carbocycles. The highest BCUT2D eigenvalue weighted by Crippen LogP contribution is 2.30. The first-order chi connectivity index (χ1) is 13.2. The number of aromatic nitrogens is 1. The number of nitrogens with zero attached hydrogens (tertiary/aromatic N) is 2. The van der Waals surface area contributed by atoms with E-state index in [1.165, 1.54) is 5.39 Å². The van der Waals surface area contributed by atoms with Crippen molar-refractivity contribution in [1.29, 1.82) is 0 Å². The quantitative estimate of drug-likeness (QED) is 0.514. The SMILES string of the molecule is CCOc1ccc(NC(=NC)NCc2nccc3ccccc23)cc1OC. The summed E-state index contributed by atoms with van der Waals surface area (Å²) in [5.41, 5.74) is 1.83. The summed E-state index contributed by atoms with van der Waals surface area (Å²) in [6.45, 7) is 3.10. The maximum atomic E-state index is 5.55. The molecule has 2 aromatic carbocycles. The Hall–Kier alpha value is -3.28. The molecule has 0 amide bonds. The van der Waals surface area contributed by atoms with Crippen LogP contribution in [-0.4, -0.2) is 31.7 Å². The lowest BCUT2D eigenvalue weighted by molar-refractivity contribution is 0.311. The van der Waals surface area contributed by atoms with Crippen LogP contribution in [0.4, 0.5) is 5.69 Å². The normalized spacial score (nSPS) is 11.3. The van der Waals surface area contributed by atoms with Crippen LogP contribution in [0.15, 0.2) is 59.7 Å². The summed E-state index contributed by atoms with van der Waals surface area (Å²) in [4.78, 5) is 8.79. The number of fused-ring (bicyclic) bond motifs is 1. The van der Waals surface area contributed by atoms with Gasteiger partial charge in [0.25, 0.3) is 0 Å². The third kappa shape index (κ3) is 4.47. The molecule has 27 heavy (non-hydrogen) atoms. The Bertz CT molecular complexity index is 935. The number of aliphatic imine (C=N–C) groups is 1. The molecule has 0 unspecified atom stereocenters. The maximum Gasteiger partial charge on any atom is 0.195 e. The van der Waals surface area contributed by atoms with E-state index in [1.54, 1.807) is 14.2 Å². The molecule has 2 N–H and O–H groups in total. The Labute approximate surface area is 159 Å². The second-order valence-corrected chi connectivity index (χ2v) is 5.83. The highest BCUT2D eigenvalue weighted by atomic mass is 16.5. The van der Waals surface area contributed by atoms with E-state index in [0.717, 1.165) is 16.8 Å². The minimum atomic E-state index is 0.565. The zero-order valence-corrected chi connectivity index (χ0v) is 15.8. The average molecular weight is 364 g/mol. The molecule has 6 nitrogen and oxygen atoms in total. The first kappa shape index (κ1) is 18.5. The van der Waals surface area contributed by atoms with Crippen LogP contribution in [0.2, 0.25) is 0 Å². The molecule has 0 saturated heterocycles. The molecular weight excluding hydrogens is 340 g/mol. The summed E-state index contributed by atoms with van der Waals surface area (Å²) in [5.74, 6) is 2.04. The Morgan fingerprint density at radius 3 is 2.74 bits per heavy atom. The van der Waals surface area contributed by atoms with Gasteiger partial charge in [-0.15, -0.1) is 0 Å². The lowest BCUT2D eigenvalue weighted by Gasteiger charge is -2.15. The van der Waals surface area contributed by atoms with Crippen molar-refractivity contribution in [2.75, 3.05) is 26.1 Å². The summed E-state index contributed by atoms with van der Waals surface area (Å²) in [6.07, 6.45) is 1.83. The number of anilines is 1. The number of nitrogens with one attached hydrogen (secondary N) is 2. The molecule has 140 valence electrons. The van der Waals surface area contributed by atoms with Crippen molar-refractivity contribution in [3.05, 3.63) is 60.4 Å². The number of methoxy groups -OCH3 is 1. The molecule has 6 heteroatoms. The minimum Gasteiger partial charge on any atom is -0.493 e. The summed E-state index contributed by atoms with van der Waals surface area (Å²) < 4.78 is 10.9. The van der Waals surface area contributed by atoms with Crippen molar-refractivity contribution >= 4 is 22.4 Å². The van der Waals surface area contributed by atoms with E-state index in [1.807, 2.05) is 49.5 Å². The summed E-state index contributed by atoms with van der Waals surface area (Å²) in [7, 11) is 3.36. The van der Waals surface area contributed by atoms with E-state index >= 15 is 0 Å². The van der Waals surface area contributed by atoms with Crippen LogP contribution in [0.25, 0.3) is 10.8 Å². The van der Waals surface area contributed by atoms with Gasteiger partial charge in [-0.25, -0.2) is 0 Å². The number of guanidine groups is 1. The fraction of sp³-hybridized carbons (Fsp3) is 0.238. The number of rotatable bonds is 6. The molecule has 1 aromatic heterocycles. The van der Waals surface area contributed by atoms with Gasteiger partial charge in [0, 0.05) is 30.4 Å². The highest BCUT2D eigenvalue weighted by molar-refractivity contribution is 5.94. The van der Waals surface area contributed by atoms with Gasteiger partial charge in [-0.3, -0.25) is 9.98 Å². The van der Waals surface area contributed by atoms with Crippen LogP contribution in [0.1, 0.15) is 12.6 Å². The van der Waals surface area contributed by atoms with E-state index in [4.69, 9.17) is 9.47 Å². The van der Waals surface area contributed by atoms with Gasteiger partial charge in [-0.2, -0.15) is 0 Å². The largest absolute Gasteiger partial charge is 0.493 e. The van der Waals surface area contributed by atoms with Gasteiger partial charge in [-0.05, 0) is 30.5 Å². The Kier molecular flexibility index (Phi) is 6.10. The van der Waals surface area contributed by atoms with E-state index in [0.29, 0.717) is 30.6 Å². The van der Waals surface area contributed by atoms with Gasteiger partial charge in [0.05, 0.1) is 26.0 Å². The molecule has 3 rings (SSSR count). The van der Waals surface area contributed by atoms with Gasteiger partial charge in [0.2, 0.25) is 0 Å². The molecule has 0 fully saturated rings. The van der Waals surface area contributed by atoms with Crippen molar-refractivity contribution in [3.63, 3.8) is 0 Å². The third-order valence-corrected chi connectivity index (χ3v) is 4.13. The second-order valence-electron chi connectivity index (χ2n) is 5.83. The van der Waals surface area contributed by atoms with Crippen molar-refractivity contribution in [1.82, 2.24) is 10.3 Å². The zero-order chi connectivity index (χ0) is 19.1. The van der Waals surface area contributed by atoms with E-state index in [2.05, 4.69) is 32.7 Å². The summed E-state index contributed by atoms with van der Waals surface area (Å²) in [5, 5.41) is 8.87. The molecule has 3 aromatic rings. The lowest BCUT2D eigenvalue weighted by Crippen LogP contribution is -2.30. The first-order valence-electron chi connectivity index (χ1n) is 8.86. The molecule has 0 aliphatic heterocycles. The fourth-order valence-corrected chi connectivity index (χ4v) is 2.83. The van der Waals surface area contributed by atoms with Crippen molar-refractivity contribution in [2.24, 2.45) is 4.99 Å². The van der Waals surface area contributed by atoms with Crippen molar-refractivity contribution < 1.29 is 9.47 Å². The minimum absolute atomic E-state index is 0.565. The zero-order valence-electron chi connectivity index (χ0n) is 15.8. The van der Waals surface area contributed by atoms with E-state index in [9.17, 15) is 0 Å². The molecule has 0 atom stereocenters. The van der Waals surface area contributed by atoms with Gasteiger partial charge < -0.3 is 20.1 Å². The average Bonchev–Trinajstić information content (AvgIpc) is 2.72. The predicted molar refractivity (Wildman–Crippen MR) is 110 cm³/mol. The van der Waals surface area contributed by atoms with Crippen LogP contribution >= 0.6 is 0 Å². The smallest absolute Gasteiger partial charge is 0.195 e. The lowest BCUT2D eigenvalue weighted by atomic mass is 10.1. The Morgan fingerprint density at radius 2 is 1.96 bits per heavy atom. The molecule has 0 aliphatic rings. The van der Waals surface area contributed by atoms with Crippen LogP contribution in [0.5, 0.6) is 11.5 Å². The van der Waals surface area contributed by atoms with Gasteiger partial charge in [0.1, 0.15) is 0 Å². The van der Waals surface area contributed by atoms with Gasteiger partial charge >= 0.3 is 0 Å². The number of hydrogen-bond donors (Lipinski definition) is 2. The van der Waals surface area contributed by atoms with E-state index < -0.39 is 0 Å². The Morgan fingerprint density at radius 1 is 1.11 bits per heavy atom. The molecule has 0 aliphatic carbocycles. The molecular formula is C21H24N4O2. The van der Waals surface area contributed by atoms with Crippen molar-refractivity contribution in [3.8, 4) is 11.5 Å². The molecule has 0 bridgehead atoms. The molecule has 0 spiro atoms. The Balaban J connectivity index is 1.71. The predicted octanol–water partition coefficient (Wildman–Crippen LogP) is 3.83. The monoisotopic (exact) mass is 364 g/mol. The van der Waals surface area contributed by atoms with Crippen LogP contribution in [0, 0.1) is 0 Å². The molecule has 1 heterocycles. The topological polar surface area (TPSA) is 67.8 Å². The number of pyridine rings is 1. The standard InChI is InChI=1S/C21H24N4O2/c1-4-27-19-10-9-16(13-20(19)26-3)25-21(22-2)24-14-18-17-8-6-5-7-15(17)11-12-23-18/h5-13H,4,14H2,1-3H3,(H2,22,24,25). The van der Waals surface area contributed by atoms with Crippen LogP contribution in [-0.2, 0) is 6.54 Å². The van der Waals surface area contributed by atoms with Crippen molar-refractivity contribution in [2.45, 2.75) is 13.5 Å². The van der Waals surface area contributed by atoms with Crippen LogP contribution in [0.3, 0.4) is 0 Å². The number of benzene rings is 2. The van der Waals surface area contributed by atoms with Crippen LogP contribution < -0.4 is 20.1 Å². The fourth-order valence-electron chi connectivity index (χ4n) is 2.83. The second kappa shape index (κ2) is 8.89. The number of ether oxygens (including phenoxy) is 2. The summed E-state index contributed by atoms with van der Waals surface area (Å²) >= 11 is 0.